The molecule has 0 atom stereocenters. The summed E-state index contributed by atoms with van der Waals surface area (Å²) in [6.07, 6.45) is 10.7. The summed E-state index contributed by atoms with van der Waals surface area (Å²) in [6, 6.07) is 75.9. The van der Waals surface area contributed by atoms with Gasteiger partial charge in [0.05, 0.1) is 27.8 Å². The van der Waals surface area contributed by atoms with Crippen LogP contribution < -0.4 is 0 Å². The van der Waals surface area contributed by atoms with Crippen LogP contribution >= 0.6 is 0 Å². The Bertz CT molecular complexity index is 4690. The quantitative estimate of drug-likeness (QED) is 0.152. The van der Waals surface area contributed by atoms with E-state index in [-0.39, 0.29) is 0 Å². The van der Waals surface area contributed by atoms with Gasteiger partial charge < -0.3 is 13.6 Å². The van der Waals surface area contributed by atoms with E-state index in [4.69, 9.17) is 4.42 Å². The molecule has 3 aliphatic carbocycles. The Labute approximate surface area is 441 Å². The lowest BCUT2D eigenvalue weighted by molar-refractivity contribution is 0.670. The number of benzene rings is 10. The first-order valence-electron chi connectivity index (χ1n) is 26.6. The van der Waals surface area contributed by atoms with Crippen molar-refractivity contribution in [2.24, 2.45) is 0 Å². The van der Waals surface area contributed by atoms with Crippen LogP contribution in [-0.4, -0.2) is 9.13 Å². The third-order valence-corrected chi connectivity index (χ3v) is 16.6. The van der Waals surface area contributed by atoms with E-state index in [1.165, 1.54) is 116 Å². The van der Waals surface area contributed by atoms with Crippen molar-refractivity contribution >= 4 is 76.7 Å². The highest BCUT2D eigenvalue weighted by Crippen LogP contribution is 2.47. The average Bonchev–Trinajstić information content (AvgIpc) is 4.40. The summed E-state index contributed by atoms with van der Waals surface area (Å²) in [5.74, 6) is 0. The molecule has 0 saturated heterocycles. The van der Waals surface area contributed by atoms with Crippen molar-refractivity contribution in [1.82, 2.24) is 9.13 Å². The molecule has 0 amide bonds. The maximum absolute atomic E-state index is 6.51. The number of hydrogen-bond acceptors (Lipinski definition) is 1. The number of nitrogens with zero attached hydrogens (tertiary/aromatic N) is 2. The van der Waals surface area contributed by atoms with E-state index in [2.05, 4.69) is 229 Å². The third kappa shape index (κ3) is 6.75. The van der Waals surface area contributed by atoms with E-state index in [1.54, 1.807) is 11.6 Å². The molecule has 0 aliphatic heterocycles. The molecule has 0 saturated carbocycles. The molecule has 0 bridgehead atoms. The summed E-state index contributed by atoms with van der Waals surface area (Å²) >= 11 is 0. The fourth-order valence-electron chi connectivity index (χ4n) is 13.1. The second kappa shape index (κ2) is 17.3. The van der Waals surface area contributed by atoms with Crippen LogP contribution in [0.3, 0.4) is 0 Å². The van der Waals surface area contributed by atoms with Gasteiger partial charge in [0, 0.05) is 50.0 Å². The Hall–Kier alpha value is -9.44. The van der Waals surface area contributed by atoms with Gasteiger partial charge in [-0.15, -0.1) is 0 Å². The fourth-order valence-corrected chi connectivity index (χ4v) is 13.1. The molecular weight excluding hydrogens is 921 g/mol. The number of aryl methyl sites for hydroxylation is 1. The van der Waals surface area contributed by atoms with Crippen LogP contribution in [0.25, 0.3) is 121 Å². The molecule has 0 radical (unpaired) electrons. The van der Waals surface area contributed by atoms with Crippen molar-refractivity contribution in [1.29, 1.82) is 0 Å². The van der Waals surface area contributed by atoms with Crippen molar-refractivity contribution in [3.05, 3.63) is 277 Å². The van der Waals surface area contributed by atoms with Gasteiger partial charge in [-0.05, 0) is 165 Å². The molecule has 3 aromatic heterocycles. The summed E-state index contributed by atoms with van der Waals surface area (Å²) in [4.78, 5) is 0. The van der Waals surface area contributed by atoms with Crippen molar-refractivity contribution in [3.63, 3.8) is 0 Å². The Morgan fingerprint density at radius 1 is 0.500 bits per heavy atom. The van der Waals surface area contributed by atoms with E-state index >= 15 is 0 Å². The summed E-state index contributed by atoms with van der Waals surface area (Å²) in [5, 5.41) is 7.35. The predicted octanol–water partition coefficient (Wildman–Crippen LogP) is 19.5. The average molecular weight is 973 g/mol. The first-order valence-corrected chi connectivity index (χ1v) is 26.6. The van der Waals surface area contributed by atoms with Crippen LogP contribution in [0.1, 0.15) is 46.2 Å². The lowest BCUT2D eigenvalue weighted by Gasteiger charge is -2.14. The van der Waals surface area contributed by atoms with Gasteiger partial charge in [0.25, 0.3) is 0 Å². The molecular formula is C73H52N2O. The first kappa shape index (κ1) is 44.1. The molecule has 16 rings (SSSR count). The standard InChI is InChI=1S/C62H40N2O.C11H12/c1-2-13-42-37(12-1)32-52-43(17-9-19-45(42)52)38-27-30-59-54(33-38)47-14-3-6-22-56(47)63(59)41-29-26-40-35-53-46(51(40)36-41)20-11-24-58(53)64-57-23-7-4-15-48(57)55-34-39(28-31-60(55)64)44-18-10-21-50-49-16-5-8-25-61(49)65-62(44)50;1-4-9(2)11-8-6-5-7-10(11)3/h1,3-12,14-31,33-34,36H,2,13,32,35H2;4-8H,1-2H2,3H3. The summed E-state index contributed by atoms with van der Waals surface area (Å²) in [6.45, 7) is 9.64. The molecule has 0 spiro atoms. The predicted molar refractivity (Wildman–Crippen MR) is 321 cm³/mol. The maximum Gasteiger partial charge on any atom is 0.143 e. The number of allylic oxidation sites excluding steroid dienone is 6. The number of hydrogen-bond donors (Lipinski definition) is 0. The smallest absolute Gasteiger partial charge is 0.143 e. The van der Waals surface area contributed by atoms with Crippen LogP contribution in [0.2, 0.25) is 0 Å². The van der Waals surface area contributed by atoms with Crippen LogP contribution in [-0.2, 0) is 12.8 Å². The van der Waals surface area contributed by atoms with Crippen molar-refractivity contribution in [2.45, 2.75) is 32.6 Å². The van der Waals surface area contributed by atoms with Gasteiger partial charge in [0.2, 0.25) is 0 Å². The van der Waals surface area contributed by atoms with Gasteiger partial charge in [0.1, 0.15) is 11.2 Å². The molecule has 0 N–H and O–H groups in total. The minimum atomic E-state index is 0.882. The zero-order valence-electron chi connectivity index (χ0n) is 42.4. The zero-order chi connectivity index (χ0) is 50.6. The Kier molecular flexibility index (Phi) is 10.1. The van der Waals surface area contributed by atoms with Gasteiger partial charge in [0.15, 0.2) is 0 Å². The van der Waals surface area contributed by atoms with E-state index in [9.17, 15) is 0 Å². The summed E-state index contributed by atoms with van der Waals surface area (Å²) in [5.41, 5.74) is 28.8. The molecule has 10 aromatic carbocycles. The van der Waals surface area contributed by atoms with Crippen LogP contribution in [0.5, 0.6) is 0 Å². The van der Waals surface area contributed by atoms with E-state index in [0.29, 0.717) is 0 Å². The normalized spacial score (nSPS) is 13.4. The summed E-state index contributed by atoms with van der Waals surface area (Å²) < 4.78 is 11.5. The van der Waals surface area contributed by atoms with E-state index in [1.807, 2.05) is 18.2 Å². The largest absolute Gasteiger partial charge is 0.455 e. The van der Waals surface area contributed by atoms with Crippen LogP contribution in [0, 0.1) is 6.92 Å². The minimum absolute atomic E-state index is 0.882. The Morgan fingerprint density at radius 3 is 1.93 bits per heavy atom. The van der Waals surface area contributed by atoms with Crippen LogP contribution in [0.15, 0.2) is 248 Å². The zero-order valence-corrected chi connectivity index (χ0v) is 42.4. The summed E-state index contributed by atoms with van der Waals surface area (Å²) in [7, 11) is 0. The van der Waals surface area contributed by atoms with Crippen LogP contribution in [0.4, 0.5) is 0 Å². The molecule has 3 heteroatoms. The molecule has 3 aliphatic rings. The number of aromatic nitrogens is 2. The topological polar surface area (TPSA) is 23.0 Å². The Balaban J connectivity index is 0.000000413. The number of para-hydroxylation sites is 4. The van der Waals surface area contributed by atoms with Gasteiger partial charge in [-0.1, -0.05) is 177 Å². The van der Waals surface area contributed by atoms with Crippen molar-refractivity contribution < 1.29 is 4.42 Å². The minimum Gasteiger partial charge on any atom is -0.455 e. The van der Waals surface area contributed by atoms with Gasteiger partial charge in [-0.3, -0.25) is 0 Å². The Morgan fingerprint density at radius 2 is 1.13 bits per heavy atom. The van der Waals surface area contributed by atoms with Gasteiger partial charge >= 0.3 is 0 Å². The molecule has 3 nitrogen and oxygen atoms in total. The van der Waals surface area contributed by atoms with Gasteiger partial charge in [-0.2, -0.15) is 0 Å². The lowest BCUT2D eigenvalue weighted by atomic mass is 9.93. The molecule has 0 fully saturated rings. The molecule has 76 heavy (non-hydrogen) atoms. The third-order valence-electron chi connectivity index (χ3n) is 16.6. The van der Waals surface area contributed by atoms with Crippen molar-refractivity contribution in [3.8, 4) is 44.8 Å². The second-order valence-electron chi connectivity index (χ2n) is 20.8. The molecule has 360 valence electrons. The van der Waals surface area contributed by atoms with E-state index < -0.39 is 0 Å². The molecule has 13 aromatic rings. The van der Waals surface area contributed by atoms with E-state index in [0.717, 1.165) is 64.3 Å². The number of furan rings is 1. The molecule has 0 unspecified atom stereocenters. The number of fused-ring (bicyclic) bond motifs is 14. The van der Waals surface area contributed by atoms with Gasteiger partial charge in [-0.25, -0.2) is 0 Å². The molecule has 3 heterocycles. The second-order valence-corrected chi connectivity index (χ2v) is 20.8. The number of rotatable bonds is 6. The highest BCUT2D eigenvalue weighted by Gasteiger charge is 2.27. The highest BCUT2D eigenvalue weighted by molar-refractivity contribution is 6.14. The fraction of sp³-hybridized carbons (Fsp3) is 0.0685. The first-order chi connectivity index (χ1) is 37.5. The SMILES string of the molecule is C1=CC2=C(CC1)c1cccc(-c3ccc4c(c3)c3ccccc3n4-c3ccc4c(c3)-c3cccc(-n5c6ccccc6c6cc(-c7cccc8c7oc7ccccc78)ccc65)c3C4)c1C2.C=CC(=C)c1ccccc1C. The highest BCUT2D eigenvalue weighted by atomic mass is 16.3. The maximum atomic E-state index is 6.51. The lowest BCUT2D eigenvalue weighted by Crippen LogP contribution is -1.99. The van der Waals surface area contributed by atoms with Crippen molar-refractivity contribution in [2.75, 3.05) is 0 Å². The monoisotopic (exact) mass is 972 g/mol.